The number of rotatable bonds is 7. The second-order valence-electron chi connectivity index (χ2n) is 4.94. The Balaban J connectivity index is 1.96. The first-order valence-corrected chi connectivity index (χ1v) is 8.01. The van der Waals surface area contributed by atoms with Gasteiger partial charge in [-0.05, 0) is 50.9 Å². The van der Waals surface area contributed by atoms with E-state index < -0.39 is 11.6 Å². The fourth-order valence-corrected chi connectivity index (χ4v) is 2.49. The number of hydrogen-bond donors (Lipinski definition) is 1. The molecule has 3 rings (SSSR count). The molecule has 2 aromatic heterocycles. The Bertz CT molecular complexity index is 922. The molecule has 0 aliphatic rings. The molecule has 0 aliphatic heterocycles. The van der Waals surface area contributed by atoms with E-state index in [1.165, 1.54) is 18.2 Å². The van der Waals surface area contributed by atoms with Gasteiger partial charge >= 0.3 is 5.76 Å². The Hall–Kier alpha value is -2.53. The third-order valence-electron chi connectivity index (χ3n) is 3.28. The highest BCUT2D eigenvalue weighted by atomic mass is 79.9. The van der Waals surface area contributed by atoms with Crippen molar-refractivity contribution in [3.63, 3.8) is 0 Å². The first-order valence-electron chi connectivity index (χ1n) is 7.21. The maximum Gasteiger partial charge on any atom is 0.446 e. The van der Waals surface area contributed by atoms with E-state index in [0.717, 1.165) is 11.0 Å². The number of nitrogens with one attached hydrogen (secondary N) is 1. The Labute approximate surface area is 148 Å². The summed E-state index contributed by atoms with van der Waals surface area (Å²) >= 11 is 3.08. The molecule has 1 aromatic carbocycles. The highest BCUT2D eigenvalue weighted by Gasteiger charge is 2.22. The molecule has 11 heteroatoms. The van der Waals surface area contributed by atoms with Crippen molar-refractivity contribution in [2.45, 2.75) is 6.42 Å². The van der Waals surface area contributed by atoms with Crippen molar-refractivity contribution < 1.29 is 18.3 Å². The minimum Gasteiger partial charge on any atom is -0.385 e. The lowest BCUT2D eigenvalue weighted by Crippen LogP contribution is -2.14. The SMILES string of the molecule is COCCCNc1nonc1-c1noc(=O)n1-c1ccc(F)c(Br)c1. The lowest BCUT2D eigenvalue weighted by Gasteiger charge is -2.05. The summed E-state index contributed by atoms with van der Waals surface area (Å²) in [4.78, 5) is 12.1. The molecule has 0 radical (unpaired) electrons. The van der Waals surface area contributed by atoms with Crippen molar-refractivity contribution in [2.75, 3.05) is 25.6 Å². The number of methoxy groups -OCH3 is 1. The smallest absolute Gasteiger partial charge is 0.385 e. The molecule has 0 saturated heterocycles. The van der Waals surface area contributed by atoms with Crippen LogP contribution in [0.4, 0.5) is 10.2 Å². The number of nitrogens with zero attached hydrogens (tertiary/aromatic N) is 4. The molecule has 0 spiro atoms. The van der Waals surface area contributed by atoms with Crippen LogP contribution in [-0.4, -0.2) is 40.3 Å². The van der Waals surface area contributed by atoms with E-state index in [0.29, 0.717) is 24.7 Å². The number of ether oxygens (including phenoxy) is 1. The molecule has 0 amide bonds. The maximum atomic E-state index is 13.5. The van der Waals surface area contributed by atoms with E-state index in [1.54, 1.807) is 7.11 Å². The quantitative estimate of drug-likeness (QED) is 0.587. The van der Waals surface area contributed by atoms with Gasteiger partial charge in [0.05, 0.1) is 10.2 Å². The van der Waals surface area contributed by atoms with Crippen molar-refractivity contribution in [1.82, 2.24) is 20.0 Å². The van der Waals surface area contributed by atoms with Crippen LogP contribution in [0.25, 0.3) is 17.2 Å². The molecule has 0 saturated carbocycles. The molecule has 9 nitrogen and oxygen atoms in total. The van der Waals surface area contributed by atoms with Gasteiger partial charge in [0.15, 0.2) is 5.69 Å². The van der Waals surface area contributed by atoms with Crippen molar-refractivity contribution in [1.29, 1.82) is 0 Å². The number of aromatic nitrogens is 4. The molecule has 0 bridgehead atoms. The third-order valence-corrected chi connectivity index (χ3v) is 3.89. The summed E-state index contributed by atoms with van der Waals surface area (Å²) in [6, 6.07) is 4.06. The molecule has 0 unspecified atom stereocenters. The highest BCUT2D eigenvalue weighted by Crippen LogP contribution is 2.26. The zero-order valence-corrected chi connectivity index (χ0v) is 14.6. The molecular formula is C14H13BrFN5O4. The second kappa shape index (κ2) is 7.57. The molecule has 0 atom stereocenters. The van der Waals surface area contributed by atoms with E-state index in [2.05, 4.69) is 36.7 Å². The monoisotopic (exact) mass is 413 g/mol. The summed E-state index contributed by atoms with van der Waals surface area (Å²) in [5, 5.41) is 14.3. The van der Waals surface area contributed by atoms with E-state index >= 15 is 0 Å². The Morgan fingerprint density at radius 1 is 1.36 bits per heavy atom. The Morgan fingerprint density at radius 2 is 2.20 bits per heavy atom. The lowest BCUT2D eigenvalue weighted by molar-refractivity contribution is 0.197. The van der Waals surface area contributed by atoms with Crippen LogP contribution in [-0.2, 0) is 4.74 Å². The summed E-state index contributed by atoms with van der Waals surface area (Å²) in [7, 11) is 1.61. The average molecular weight is 414 g/mol. The van der Waals surface area contributed by atoms with Crippen molar-refractivity contribution >= 4 is 21.7 Å². The number of benzene rings is 1. The van der Waals surface area contributed by atoms with Crippen LogP contribution in [0.2, 0.25) is 0 Å². The van der Waals surface area contributed by atoms with Crippen molar-refractivity contribution in [2.24, 2.45) is 0 Å². The summed E-state index contributed by atoms with van der Waals surface area (Å²) in [5.74, 6) is -0.821. The molecular weight excluding hydrogens is 401 g/mol. The van der Waals surface area contributed by atoms with Crippen LogP contribution in [0.15, 0.2) is 36.6 Å². The topological polar surface area (TPSA) is 108 Å². The molecule has 132 valence electrons. The first kappa shape index (κ1) is 17.3. The van der Waals surface area contributed by atoms with E-state index in [-0.39, 0.29) is 16.0 Å². The highest BCUT2D eigenvalue weighted by molar-refractivity contribution is 9.10. The molecule has 0 aliphatic carbocycles. The standard InChI is InChI=1S/C14H13BrFN5O4/c1-23-6-2-5-17-12-11(18-25-19-12)13-20-24-14(22)21(13)8-3-4-10(16)9(15)7-8/h3-4,7H,2,5-6H2,1H3,(H,17,19). The summed E-state index contributed by atoms with van der Waals surface area (Å²) in [6.07, 6.45) is 0.735. The Kier molecular flexibility index (Phi) is 5.24. The minimum absolute atomic E-state index is 0.0824. The van der Waals surface area contributed by atoms with Crippen LogP contribution in [0.5, 0.6) is 0 Å². The molecule has 2 heterocycles. The molecule has 0 fully saturated rings. The zero-order chi connectivity index (χ0) is 17.8. The van der Waals surface area contributed by atoms with Crippen LogP contribution in [0.3, 0.4) is 0 Å². The predicted octanol–water partition coefficient (Wildman–Crippen LogP) is 2.23. The number of anilines is 1. The van der Waals surface area contributed by atoms with Gasteiger partial charge in [-0.1, -0.05) is 5.16 Å². The first-order chi connectivity index (χ1) is 12.1. The molecule has 25 heavy (non-hydrogen) atoms. The lowest BCUT2D eigenvalue weighted by atomic mass is 10.3. The van der Waals surface area contributed by atoms with Crippen molar-refractivity contribution in [3.8, 4) is 17.2 Å². The van der Waals surface area contributed by atoms with Gasteiger partial charge in [-0.3, -0.25) is 4.52 Å². The van der Waals surface area contributed by atoms with Gasteiger partial charge in [-0.15, -0.1) is 0 Å². The van der Waals surface area contributed by atoms with Crippen LogP contribution < -0.4 is 11.1 Å². The van der Waals surface area contributed by atoms with Crippen molar-refractivity contribution in [3.05, 3.63) is 39.0 Å². The summed E-state index contributed by atoms with van der Waals surface area (Å²) < 4.78 is 29.2. The molecule has 1 N–H and O–H groups in total. The van der Waals surface area contributed by atoms with Gasteiger partial charge in [0.25, 0.3) is 0 Å². The third kappa shape index (κ3) is 3.61. The van der Waals surface area contributed by atoms with Gasteiger partial charge in [0.1, 0.15) is 5.82 Å². The second-order valence-corrected chi connectivity index (χ2v) is 5.79. The van der Waals surface area contributed by atoms with Gasteiger partial charge in [0, 0.05) is 20.3 Å². The maximum absolute atomic E-state index is 13.5. The normalized spacial score (nSPS) is 11.0. The van der Waals surface area contributed by atoms with E-state index in [1.807, 2.05) is 0 Å². The van der Waals surface area contributed by atoms with Gasteiger partial charge in [-0.2, -0.15) is 0 Å². The van der Waals surface area contributed by atoms with Crippen LogP contribution in [0, 0.1) is 5.82 Å². The fraction of sp³-hybridized carbons (Fsp3) is 0.286. The average Bonchev–Trinajstić information content (AvgIpc) is 3.20. The van der Waals surface area contributed by atoms with Crippen LogP contribution in [0.1, 0.15) is 6.42 Å². The largest absolute Gasteiger partial charge is 0.446 e. The van der Waals surface area contributed by atoms with E-state index in [9.17, 15) is 9.18 Å². The minimum atomic E-state index is -0.748. The molecule has 3 aromatic rings. The van der Waals surface area contributed by atoms with E-state index in [4.69, 9.17) is 13.9 Å². The van der Waals surface area contributed by atoms with Gasteiger partial charge in [-0.25, -0.2) is 18.4 Å². The summed E-state index contributed by atoms with van der Waals surface area (Å²) in [6.45, 7) is 1.13. The predicted molar refractivity (Wildman–Crippen MR) is 88.0 cm³/mol. The van der Waals surface area contributed by atoms with Gasteiger partial charge in [0.2, 0.25) is 11.6 Å². The Morgan fingerprint density at radius 3 is 2.96 bits per heavy atom. The number of hydrogen-bond acceptors (Lipinski definition) is 8. The fourth-order valence-electron chi connectivity index (χ4n) is 2.13. The van der Waals surface area contributed by atoms with Crippen LogP contribution >= 0.6 is 15.9 Å². The number of halogens is 2. The summed E-state index contributed by atoms with van der Waals surface area (Å²) in [5.41, 5.74) is 0.548. The zero-order valence-electron chi connectivity index (χ0n) is 13.0. The van der Waals surface area contributed by atoms with Gasteiger partial charge < -0.3 is 10.1 Å².